The summed E-state index contributed by atoms with van der Waals surface area (Å²) in [6.45, 7) is 0.803. The van der Waals surface area contributed by atoms with Crippen molar-refractivity contribution in [1.82, 2.24) is 19.9 Å². The van der Waals surface area contributed by atoms with Crippen LogP contribution in [0.2, 0.25) is 0 Å². The molecule has 5 heteroatoms. The highest BCUT2D eigenvalue weighted by Gasteiger charge is 2.06. The van der Waals surface area contributed by atoms with Crippen molar-refractivity contribution in [3.8, 4) is 0 Å². The molecule has 0 saturated carbocycles. The number of aromatic nitrogens is 3. The van der Waals surface area contributed by atoms with E-state index in [9.17, 15) is 0 Å². The third-order valence-electron chi connectivity index (χ3n) is 2.15. The van der Waals surface area contributed by atoms with Gasteiger partial charge in [0, 0.05) is 24.3 Å². The second kappa shape index (κ2) is 3.78. The average molecular weight is 203 g/mol. The van der Waals surface area contributed by atoms with E-state index < -0.39 is 0 Å². The van der Waals surface area contributed by atoms with Crippen LogP contribution in [-0.2, 0) is 6.54 Å². The Hall–Kier alpha value is -1.75. The maximum Gasteiger partial charge on any atom is 0.150 e. The molecule has 0 bridgehead atoms. The summed E-state index contributed by atoms with van der Waals surface area (Å²) in [6, 6.07) is 0. The number of fused-ring (bicyclic) bond motifs is 1. The Morgan fingerprint density at radius 2 is 2.07 bits per heavy atom. The molecule has 0 fully saturated rings. The van der Waals surface area contributed by atoms with Crippen LogP contribution in [0.3, 0.4) is 0 Å². The number of nitrogens with zero attached hydrogens (tertiary/aromatic N) is 4. The predicted molar refractivity (Wildman–Crippen MR) is 59.1 cm³/mol. The lowest BCUT2D eigenvalue weighted by atomic mass is 10.1. The van der Waals surface area contributed by atoms with Crippen LogP contribution in [0.1, 0.15) is 5.56 Å². The fourth-order valence-electron chi connectivity index (χ4n) is 1.51. The number of pyridine rings is 1. The number of rotatable bonds is 2. The van der Waals surface area contributed by atoms with E-state index in [4.69, 9.17) is 5.73 Å². The van der Waals surface area contributed by atoms with E-state index in [1.165, 1.54) is 6.33 Å². The Labute approximate surface area is 88.0 Å². The fourth-order valence-corrected chi connectivity index (χ4v) is 1.51. The highest BCUT2D eigenvalue weighted by molar-refractivity contribution is 5.88. The number of nitrogen functional groups attached to an aromatic ring is 1. The van der Waals surface area contributed by atoms with Crippen LogP contribution >= 0.6 is 0 Å². The molecule has 0 aliphatic heterocycles. The van der Waals surface area contributed by atoms with Gasteiger partial charge in [-0.15, -0.1) is 0 Å². The first-order chi connectivity index (χ1) is 7.18. The Morgan fingerprint density at radius 3 is 2.80 bits per heavy atom. The lowest BCUT2D eigenvalue weighted by Crippen LogP contribution is -2.12. The van der Waals surface area contributed by atoms with E-state index in [-0.39, 0.29) is 0 Å². The maximum absolute atomic E-state index is 5.74. The SMILES string of the molecule is CN(C)Cc1cnc(N)c2ncncc12. The minimum absolute atomic E-state index is 0.454. The Bertz CT molecular complexity index is 480. The summed E-state index contributed by atoms with van der Waals surface area (Å²) in [5, 5.41) is 0.971. The van der Waals surface area contributed by atoms with Crippen molar-refractivity contribution in [3.05, 3.63) is 24.3 Å². The molecule has 0 amide bonds. The number of hydrogen-bond acceptors (Lipinski definition) is 5. The lowest BCUT2D eigenvalue weighted by Gasteiger charge is -2.11. The summed E-state index contributed by atoms with van der Waals surface area (Å²) in [7, 11) is 4.01. The van der Waals surface area contributed by atoms with Crippen LogP contribution in [0.25, 0.3) is 10.9 Å². The van der Waals surface area contributed by atoms with Crippen molar-refractivity contribution in [2.75, 3.05) is 19.8 Å². The molecule has 15 heavy (non-hydrogen) atoms. The van der Waals surface area contributed by atoms with E-state index >= 15 is 0 Å². The van der Waals surface area contributed by atoms with Crippen molar-refractivity contribution in [3.63, 3.8) is 0 Å². The highest BCUT2D eigenvalue weighted by atomic mass is 15.1. The highest BCUT2D eigenvalue weighted by Crippen LogP contribution is 2.19. The molecule has 0 aliphatic carbocycles. The van der Waals surface area contributed by atoms with Crippen molar-refractivity contribution in [2.45, 2.75) is 6.54 Å². The fraction of sp³-hybridized carbons (Fsp3) is 0.300. The Morgan fingerprint density at radius 1 is 1.27 bits per heavy atom. The zero-order valence-electron chi connectivity index (χ0n) is 8.81. The molecule has 0 aliphatic rings. The summed E-state index contributed by atoms with van der Waals surface area (Å²) in [6.07, 6.45) is 5.04. The number of anilines is 1. The largest absolute Gasteiger partial charge is 0.382 e. The third-order valence-corrected chi connectivity index (χ3v) is 2.15. The second-order valence-electron chi connectivity index (χ2n) is 3.69. The Balaban J connectivity index is 2.61. The molecule has 2 N–H and O–H groups in total. The monoisotopic (exact) mass is 203 g/mol. The summed E-state index contributed by atoms with van der Waals surface area (Å²) in [4.78, 5) is 14.3. The number of nitrogens with two attached hydrogens (primary N) is 1. The van der Waals surface area contributed by atoms with Gasteiger partial charge in [0.1, 0.15) is 17.7 Å². The number of hydrogen-bond donors (Lipinski definition) is 1. The van der Waals surface area contributed by atoms with Gasteiger partial charge in [0.25, 0.3) is 0 Å². The van der Waals surface area contributed by atoms with Crippen LogP contribution in [0, 0.1) is 0 Å². The topological polar surface area (TPSA) is 67.9 Å². The van der Waals surface area contributed by atoms with E-state index in [2.05, 4.69) is 19.9 Å². The molecular formula is C10H13N5. The van der Waals surface area contributed by atoms with Gasteiger partial charge in [0.15, 0.2) is 0 Å². The first-order valence-corrected chi connectivity index (χ1v) is 4.66. The maximum atomic E-state index is 5.74. The van der Waals surface area contributed by atoms with Gasteiger partial charge in [-0.3, -0.25) is 0 Å². The van der Waals surface area contributed by atoms with Crippen molar-refractivity contribution < 1.29 is 0 Å². The average Bonchev–Trinajstić information content (AvgIpc) is 2.22. The molecule has 0 spiro atoms. The van der Waals surface area contributed by atoms with E-state index in [0.717, 1.165) is 23.0 Å². The van der Waals surface area contributed by atoms with Crippen LogP contribution < -0.4 is 5.73 Å². The van der Waals surface area contributed by atoms with Gasteiger partial charge in [-0.05, 0) is 19.7 Å². The van der Waals surface area contributed by atoms with E-state index in [0.29, 0.717) is 5.82 Å². The van der Waals surface area contributed by atoms with Gasteiger partial charge in [0.05, 0.1) is 0 Å². The normalized spacial score (nSPS) is 11.1. The van der Waals surface area contributed by atoms with Crippen LogP contribution in [0.4, 0.5) is 5.82 Å². The molecule has 2 aromatic heterocycles. The van der Waals surface area contributed by atoms with E-state index in [1.807, 2.05) is 14.1 Å². The van der Waals surface area contributed by atoms with Crippen LogP contribution in [0.15, 0.2) is 18.7 Å². The van der Waals surface area contributed by atoms with Crippen LogP contribution in [-0.4, -0.2) is 33.9 Å². The first-order valence-electron chi connectivity index (χ1n) is 4.66. The molecule has 2 aromatic rings. The minimum atomic E-state index is 0.454. The quantitative estimate of drug-likeness (QED) is 0.777. The summed E-state index contributed by atoms with van der Waals surface area (Å²) >= 11 is 0. The molecule has 2 heterocycles. The molecule has 78 valence electrons. The minimum Gasteiger partial charge on any atom is -0.382 e. The summed E-state index contributed by atoms with van der Waals surface area (Å²) < 4.78 is 0. The molecular weight excluding hydrogens is 190 g/mol. The zero-order chi connectivity index (χ0) is 10.8. The molecule has 5 nitrogen and oxygen atoms in total. The van der Waals surface area contributed by atoms with Gasteiger partial charge in [-0.1, -0.05) is 0 Å². The molecule has 2 rings (SSSR count). The van der Waals surface area contributed by atoms with Crippen molar-refractivity contribution in [1.29, 1.82) is 0 Å². The smallest absolute Gasteiger partial charge is 0.150 e. The lowest BCUT2D eigenvalue weighted by molar-refractivity contribution is 0.403. The molecule has 0 saturated heterocycles. The molecule has 0 aromatic carbocycles. The van der Waals surface area contributed by atoms with Crippen molar-refractivity contribution in [2.24, 2.45) is 0 Å². The van der Waals surface area contributed by atoms with Gasteiger partial charge < -0.3 is 10.6 Å². The summed E-state index contributed by atoms with van der Waals surface area (Å²) in [5.41, 5.74) is 7.55. The molecule has 0 unspecified atom stereocenters. The van der Waals surface area contributed by atoms with Crippen molar-refractivity contribution >= 4 is 16.7 Å². The summed E-state index contributed by atoms with van der Waals surface area (Å²) in [5.74, 6) is 0.454. The standard InChI is InChI=1S/C10H13N5/c1-15(2)5-7-3-13-10(11)9-8(7)4-12-6-14-9/h3-4,6H,5H2,1-2H3,(H2,11,13). The second-order valence-corrected chi connectivity index (χ2v) is 3.69. The van der Waals surface area contributed by atoms with Gasteiger partial charge in [-0.25, -0.2) is 15.0 Å². The third kappa shape index (κ3) is 1.87. The van der Waals surface area contributed by atoms with Gasteiger partial charge >= 0.3 is 0 Å². The van der Waals surface area contributed by atoms with Gasteiger partial charge in [-0.2, -0.15) is 0 Å². The Kier molecular flexibility index (Phi) is 2.47. The first kappa shape index (κ1) is 9.79. The zero-order valence-corrected chi connectivity index (χ0v) is 8.81. The van der Waals surface area contributed by atoms with E-state index in [1.54, 1.807) is 12.4 Å². The molecule has 0 radical (unpaired) electrons. The van der Waals surface area contributed by atoms with Gasteiger partial charge in [0.2, 0.25) is 0 Å². The molecule has 0 atom stereocenters. The van der Waals surface area contributed by atoms with Crippen LogP contribution in [0.5, 0.6) is 0 Å². The predicted octanol–water partition coefficient (Wildman–Crippen LogP) is 0.669.